The second-order valence-electron chi connectivity index (χ2n) is 4.69. The molecular weight excluding hydrogens is 188 g/mol. The van der Waals surface area contributed by atoms with Crippen molar-refractivity contribution in [3.05, 3.63) is 0 Å². The van der Waals surface area contributed by atoms with Gasteiger partial charge in [-0.15, -0.1) is 0 Å². The van der Waals surface area contributed by atoms with Crippen molar-refractivity contribution in [3.8, 4) is 0 Å². The summed E-state index contributed by atoms with van der Waals surface area (Å²) in [5.41, 5.74) is 0. The van der Waals surface area contributed by atoms with E-state index in [1.54, 1.807) is 0 Å². The molecule has 3 unspecified atom stereocenters. The van der Waals surface area contributed by atoms with Crippen LogP contribution in [0.15, 0.2) is 0 Å². The lowest BCUT2D eigenvalue weighted by Gasteiger charge is -2.19. The second kappa shape index (κ2) is 6.11. The first kappa shape index (κ1) is 12.5. The van der Waals surface area contributed by atoms with E-state index < -0.39 is 0 Å². The molecule has 1 amide bonds. The monoisotopic (exact) mass is 212 g/mol. The molecule has 0 aliphatic carbocycles. The van der Waals surface area contributed by atoms with Crippen molar-refractivity contribution in [2.24, 2.45) is 5.92 Å². The molecule has 0 aromatic rings. The van der Waals surface area contributed by atoms with E-state index in [-0.39, 0.29) is 11.8 Å². The molecule has 88 valence electrons. The molecule has 1 aliphatic rings. The summed E-state index contributed by atoms with van der Waals surface area (Å²) in [6.07, 6.45) is 4.46. The Kier molecular flexibility index (Phi) is 5.09. The zero-order valence-corrected chi connectivity index (χ0v) is 10.2. The van der Waals surface area contributed by atoms with Gasteiger partial charge in [-0.25, -0.2) is 0 Å². The summed E-state index contributed by atoms with van der Waals surface area (Å²) in [7, 11) is 0. The average molecular weight is 212 g/mol. The second-order valence-corrected chi connectivity index (χ2v) is 4.69. The van der Waals surface area contributed by atoms with Crippen molar-refractivity contribution in [2.45, 2.75) is 58.5 Å². The van der Waals surface area contributed by atoms with E-state index >= 15 is 0 Å². The SMILES string of the molecule is CCCCC(C)NC(=O)C1CCNC1C. The van der Waals surface area contributed by atoms with Gasteiger partial charge in [0.25, 0.3) is 0 Å². The zero-order valence-electron chi connectivity index (χ0n) is 10.2. The van der Waals surface area contributed by atoms with Crippen molar-refractivity contribution >= 4 is 5.91 Å². The lowest BCUT2D eigenvalue weighted by molar-refractivity contribution is -0.125. The Morgan fingerprint density at radius 2 is 2.33 bits per heavy atom. The molecule has 2 N–H and O–H groups in total. The van der Waals surface area contributed by atoms with E-state index in [0.29, 0.717) is 12.1 Å². The molecule has 3 nitrogen and oxygen atoms in total. The molecule has 0 aromatic heterocycles. The highest BCUT2D eigenvalue weighted by Gasteiger charge is 2.29. The fourth-order valence-corrected chi connectivity index (χ4v) is 2.15. The van der Waals surface area contributed by atoms with Gasteiger partial charge < -0.3 is 10.6 Å². The topological polar surface area (TPSA) is 41.1 Å². The first-order valence-electron chi connectivity index (χ1n) is 6.19. The summed E-state index contributed by atoms with van der Waals surface area (Å²) in [6, 6.07) is 0.661. The van der Waals surface area contributed by atoms with Crippen LogP contribution in [0, 0.1) is 5.92 Å². The van der Waals surface area contributed by atoms with Crippen molar-refractivity contribution in [1.29, 1.82) is 0 Å². The van der Waals surface area contributed by atoms with Crippen LogP contribution in [0.2, 0.25) is 0 Å². The van der Waals surface area contributed by atoms with E-state index in [1.807, 2.05) is 0 Å². The molecule has 3 heteroatoms. The molecule has 1 fully saturated rings. The fourth-order valence-electron chi connectivity index (χ4n) is 2.15. The number of carbonyl (C=O) groups excluding carboxylic acids is 1. The highest BCUT2D eigenvalue weighted by atomic mass is 16.2. The summed E-state index contributed by atoms with van der Waals surface area (Å²) in [5, 5.41) is 6.41. The minimum absolute atomic E-state index is 0.175. The van der Waals surface area contributed by atoms with E-state index in [0.717, 1.165) is 19.4 Å². The number of rotatable bonds is 5. The zero-order chi connectivity index (χ0) is 11.3. The number of hydrogen-bond acceptors (Lipinski definition) is 2. The van der Waals surface area contributed by atoms with E-state index in [2.05, 4.69) is 31.4 Å². The van der Waals surface area contributed by atoms with Crippen LogP contribution in [0.4, 0.5) is 0 Å². The average Bonchev–Trinajstić information content (AvgIpc) is 2.61. The Hall–Kier alpha value is -0.570. The van der Waals surface area contributed by atoms with Gasteiger partial charge in [0.05, 0.1) is 5.92 Å². The smallest absolute Gasteiger partial charge is 0.224 e. The number of amides is 1. The third-order valence-electron chi connectivity index (χ3n) is 3.24. The molecule has 1 aliphatic heterocycles. The van der Waals surface area contributed by atoms with Gasteiger partial charge in [0.1, 0.15) is 0 Å². The van der Waals surface area contributed by atoms with Crippen LogP contribution in [0.5, 0.6) is 0 Å². The first-order valence-corrected chi connectivity index (χ1v) is 6.19. The van der Waals surface area contributed by atoms with Gasteiger partial charge in [-0.1, -0.05) is 19.8 Å². The van der Waals surface area contributed by atoms with Crippen LogP contribution in [0.25, 0.3) is 0 Å². The van der Waals surface area contributed by atoms with Crippen LogP contribution in [-0.4, -0.2) is 24.5 Å². The minimum Gasteiger partial charge on any atom is -0.353 e. The number of unbranched alkanes of at least 4 members (excludes halogenated alkanes) is 1. The normalized spacial score (nSPS) is 27.7. The number of carbonyl (C=O) groups is 1. The third kappa shape index (κ3) is 3.82. The van der Waals surface area contributed by atoms with Crippen molar-refractivity contribution < 1.29 is 4.79 Å². The van der Waals surface area contributed by atoms with E-state index in [4.69, 9.17) is 0 Å². The molecule has 15 heavy (non-hydrogen) atoms. The minimum atomic E-state index is 0.175. The Morgan fingerprint density at radius 3 is 2.87 bits per heavy atom. The predicted molar refractivity (Wildman–Crippen MR) is 62.7 cm³/mol. The molecule has 1 saturated heterocycles. The summed E-state index contributed by atoms with van der Waals surface area (Å²) < 4.78 is 0. The Balaban J connectivity index is 2.28. The number of nitrogens with one attached hydrogen (secondary N) is 2. The highest BCUT2D eigenvalue weighted by Crippen LogP contribution is 2.15. The van der Waals surface area contributed by atoms with Crippen LogP contribution in [-0.2, 0) is 4.79 Å². The van der Waals surface area contributed by atoms with E-state index in [9.17, 15) is 4.79 Å². The largest absolute Gasteiger partial charge is 0.353 e. The standard InChI is InChI=1S/C12H24N2O/c1-4-5-6-9(2)14-12(15)11-7-8-13-10(11)3/h9-11,13H,4-8H2,1-3H3,(H,14,15). The highest BCUT2D eigenvalue weighted by molar-refractivity contribution is 5.79. The third-order valence-corrected chi connectivity index (χ3v) is 3.24. The maximum atomic E-state index is 11.9. The Bertz CT molecular complexity index is 206. The van der Waals surface area contributed by atoms with Gasteiger partial charge in [-0.2, -0.15) is 0 Å². The van der Waals surface area contributed by atoms with Gasteiger partial charge in [-0.05, 0) is 33.2 Å². The molecule has 1 rings (SSSR count). The van der Waals surface area contributed by atoms with Crippen molar-refractivity contribution in [3.63, 3.8) is 0 Å². The van der Waals surface area contributed by atoms with Crippen LogP contribution >= 0.6 is 0 Å². The van der Waals surface area contributed by atoms with Gasteiger partial charge >= 0.3 is 0 Å². The molecular formula is C12H24N2O. The molecule has 0 radical (unpaired) electrons. The van der Waals surface area contributed by atoms with E-state index in [1.165, 1.54) is 12.8 Å². The maximum Gasteiger partial charge on any atom is 0.224 e. The number of hydrogen-bond donors (Lipinski definition) is 2. The molecule has 1 heterocycles. The Labute approximate surface area is 93.0 Å². The molecule has 0 saturated carbocycles. The predicted octanol–water partition coefficient (Wildman–Crippen LogP) is 1.68. The molecule has 0 spiro atoms. The summed E-state index contributed by atoms with van der Waals surface area (Å²) in [5.74, 6) is 0.408. The summed E-state index contributed by atoms with van der Waals surface area (Å²) >= 11 is 0. The molecule has 0 bridgehead atoms. The molecule has 0 aromatic carbocycles. The quantitative estimate of drug-likeness (QED) is 0.728. The van der Waals surface area contributed by atoms with Gasteiger partial charge in [0, 0.05) is 12.1 Å². The summed E-state index contributed by atoms with van der Waals surface area (Å²) in [4.78, 5) is 11.9. The van der Waals surface area contributed by atoms with Crippen molar-refractivity contribution in [2.75, 3.05) is 6.54 Å². The molecule has 3 atom stereocenters. The van der Waals surface area contributed by atoms with Crippen molar-refractivity contribution in [1.82, 2.24) is 10.6 Å². The van der Waals surface area contributed by atoms with Gasteiger partial charge in [-0.3, -0.25) is 4.79 Å². The van der Waals surface area contributed by atoms with Crippen LogP contribution < -0.4 is 10.6 Å². The lowest BCUT2D eigenvalue weighted by Crippen LogP contribution is -2.40. The summed E-state index contributed by atoms with van der Waals surface area (Å²) in [6.45, 7) is 7.34. The fraction of sp³-hybridized carbons (Fsp3) is 0.917. The van der Waals surface area contributed by atoms with Crippen LogP contribution in [0.1, 0.15) is 46.5 Å². The van der Waals surface area contributed by atoms with Gasteiger partial charge in [0.15, 0.2) is 0 Å². The first-order chi connectivity index (χ1) is 7.15. The van der Waals surface area contributed by atoms with Crippen LogP contribution in [0.3, 0.4) is 0 Å². The van der Waals surface area contributed by atoms with Gasteiger partial charge in [0.2, 0.25) is 5.91 Å². The lowest BCUT2D eigenvalue weighted by atomic mass is 10.0. The maximum absolute atomic E-state index is 11.9. The Morgan fingerprint density at radius 1 is 1.60 bits per heavy atom.